The van der Waals surface area contributed by atoms with E-state index in [2.05, 4.69) is 20.8 Å². The minimum Gasteiger partial charge on any atom is -0.469 e. The molecule has 0 radical (unpaired) electrons. The van der Waals surface area contributed by atoms with E-state index in [-0.39, 0.29) is 11.9 Å². The molecule has 3 atom stereocenters. The number of carbonyl (C=O) groups excluding carboxylic acids is 1. The molecule has 0 aliphatic heterocycles. The minimum atomic E-state index is -0.0672. The van der Waals surface area contributed by atoms with Gasteiger partial charge in [0.2, 0.25) is 0 Å². The zero-order valence-electron chi connectivity index (χ0n) is 14.4. The summed E-state index contributed by atoms with van der Waals surface area (Å²) >= 11 is 0. The fourth-order valence-electron chi connectivity index (χ4n) is 2.75. The van der Waals surface area contributed by atoms with E-state index in [1.807, 2.05) is 6.92 Å². The molecule has 2 heteroatoms. The van der Waals surface area contributed by atoms with Crippen molar-refractivity contribution in [2.24, 2.45) is 17.8 Å². The number of hydrogen-bond acceptors (Lipinski definition) is 2. The van der Waals surface area contributed by atoms with Gasteiger partial charge >= 0.3 is 5.97 Å². The number of hydrogen-bond donors (Lipinski definition) is 0. The van der Waals surface area contributed by atoms with Crippen molar-refractivity contribution < 1.29 is 9.53 Å². The highest BCUT2D eigenvalue weighted by Gasteiger charge is 2.13. The number of methoxy groups -OCH3 is 1. The first-order valence-electron chi connectivity index (χ1n) is 8.59. The molecule has 0 aromatic rings. The average Bonchev–Trinajstić information content (AvgIpc) is 2.43. The summed E-state index contributed by atoms with van der Waals surface area (Å²) in [6.07, 6.45) is 11.5. The van der Waals surface area contributed by atoms with Crippen LogP contribution in [0.25, 0.3) is 0 Å². The normalized spacial score (nSPS) is 15.7. The smallest absolute Gasteiger partial charge is 0.308 e. The Morgan fingerprint density at radius 2 is 1.30 bits per heavy atom. The van der Waals surface area contributed by atoms with Crippen LogP contribution in [0.5, 0.6) is 0 Å². The Hall–Kier alpha value is -0.530. The predicted octanol–water partition coefficient (Wildman–Crippen LogP) is 5.60. The second-order valence-corrected chi connectivity index (χ2v) is 6.64. The van der Waals surface area contributed by atoms with Gasteiger partial charge in [-0.25, -0.2) is 0 Å². The van der Waals surface area contributed by atoms with Gasteiger partial charge in [-0.15, -0.1) is 0 Å². The third-order valence-corrected chi connectivity index (χ3v) is 4.38. The van der Waals surface area contributed by atoms with Gasteiger partial charge in [0.15, 0.2) is 0 Å². The Kier molecular flexibility index (Phi) is 11.9. The molecule has 0 spiro atoms. The van der Waals surface area contributed by atoms with Crippen LogP contribution >= 0.6 is 0 Å². The second-order valence-electron chi connectivity index (χ2n) is 6.64. The van der Waals surface area contributed by atoms with Gasteiger partial charge in [-0.1, -0.05) is 79.1 Å². The first-order chi connectivity index (χ1) is 9.51. The van der Waals surface area contributed by atoms with Crippen molar-refractivity contribution in [1.29, 1.82) is 0 Å². The van der Waals surface area contributed by atoms with Gasteiger partial charge in [0.05, 0.1) is 13.0 Å². The lowest BCUT2D eigenvalue weighted by Gasteiger charge is -2.15. The van der Waals surface area contributed by atoms with Crippen molar-refractivity contribution in [2.75, 3.05) is 7.11 Å². The highest BCUT2D eigenvalue weighted by Crippen LogP contribution is 2.21. The molecule has 20 heavy (non-hydrogen) atoms. The van der Waals surface area contributed by atoms with E-state index in [1.165, 1.54) is 52.1 Å². The Balaban J connectivity index is 3.54. The molecule has 2 nitrogen and oxygen atoms in total. The maximum Gasteiger partial charge on any atom is 0.308 e. The molecule has 0 heterocycles. The van der Waals surface area contributed by atoms with Crippen molar-refractivity contribution in [3.63, 3.8) is 0 Å². The molecule has 0 rings (SSSR count). The Bertz CT molecular complexity index is 238. The van der Waals surface area contributed by atoms with Gasteiger partial charge in [-0.3, -0.25) is 4.79 Å². The van der Waals surface area contributed by atoms with Crippen LogP contribution in [-0.4, -0.2) is 13.1 Å². The maximum atomic E-state index is 11.3. The lowest BCUT2D eigenvalue weighted by Crippen LogP contribution is -2.12. The van der Waals surface area contributed by atoms with Crippen LogP contribution in [-0.2, 0) is 9.53 Å². The van der Waals surface area contributed by atoms with Crippen LogP contribution in [0.15, 0.2) is 0 Å². The number of ether oxygens (including phenoxy) is 1. The third kappa shape index (κ3) is 10.3. The molecule has 0 bridgehead atoms. The molecule has 0 aromatic heterocycles. The van der Waals surface area contributed by atoms with E-state index in [9.17, 15) is 4.79 Å². The van der Waals surface area contributed by atoms with E-state index in [0.717, 1.165) is 24.7 Å². The van der Waals surface area contributed by atoms with Crippen molar-refractivity contribution in [1.82, 2.24) is 0 Å². The van der Waals surface area contributed by atoms with E-state index in [4.69, 9.17) is 4.74 Å². The Morgan fingerprint density at radius 3 is 1.75 bits per heavy atom. The molecule has 0 saturated heterocycles. The summed E-state index contributed by atoms with van der Waals surface area (Å²) in [5.41, 5.74) is 0. The van der Waals surface area contributed by atoms with Crippen molar-refractivity contribution in [3.05, 3.63) is 0 Å². The zero-order chi connectivity index (χ0) is 15.4. The summed E-state index contributed by atoms with van der Waals surface area (Å²) in [7, 11) is 1.47. The van der Waals surface area contributed by atoms with Crippen molar-refractivity contribution in [2.45, 2.75) is 85.5 Å². The lowest BCUT2D eigenvalue weighted by molar-refractivity contribution is -0.145. The average molecular weight is 284 g/mol. The summed E-state index contributed by atoms with van der Waals surface area (Å²) in [6.45, 7) is 8.97. The molecule has 0 amide bonds. The number of rotatable bonds is 12. The predicted molar refractivity (Wildman–Crippen MR) is 86.7 cm³/mol. The van der Waals surface area contributed by atoms with Crippen molar-refractivity contribution in [3.8, 4) is 0 Å². The van der Waals surface area contributed by atoms with E-state index in [0.29, 0.717) is 0 Å². The van der Waals surface area contributed by atoms with Crippen LogP contribution in [0.2, 0.25) is 0 Å². The van der Waals surface area contributed by atoms with Crippen LogP contribution in [0.1, 0.15) is 85.5 Å². The maximum absolute atomic E-state index is 11.3. The monoisotopic (exact) mass is 284 g/mol. The third-order valence-electron chi connectivity index (χ3n) is 4.38. The first kappa shape index (κ1) is 19.5. The molecule has 0 aromatic carbocycles. The molecule has 0 fully saturated rings. The number of unbranched alkanes of at least 4 members (excludes halogenated alkanes) is 1. The molecule has 120 valence electrons. The summed E-state index contributed by atoms with van der Waals surface area (Å²) < 4.78 is 4.75. The molecule has 0 aliphatic carbocycles. The standard InChI is InChI=1S/C18H36O2/c1-6-7-10-15(2)11-8-12-16(3)13-9-14-17(4)18(19)20-5/h15-17H,6-14H2,1-5H3. The fraction of sp³-hybridized carbons (Fsp3) is 0.944. The SMILES string of the molecule is CCCCC(C)CCCC(C)CCCC(C)C(=O)OC. The second kappa shape index (κ2) is 12.2. The van der Waals surface area contributed by atoms with E-state index in [1.54, 1.807) is 0 Å². The van der Waals surface area contributed by atoms with Gasteiger partial charge < -0.3 is 4.74 Å². The largest absolute Gasteiger partial charge is 0.469 e. The van der Waals surface area contributed by atoms with Crippen molar-refractivity contribution >= 4 is 5.97 Å². The number of carbonyl (C=O) groups is 1. The fourth-order valence-corrected chi connectivity index (χ4v) is 2.75. The molecular formula is C18H36O2. The van der Waals surface area contributed by atoms with E-state index < -0.39 is 0 Å². The summed E-state index contributed by atoms with van der Waals surface area (Å²) in [5, 5.41) is 0. The summed E-state index contributed by atoms with van der Waals surface area (Å²) in [6, 6.07) is 0. The molecule has 0 aliphatic rings. The van der Waals surface area contributed by atoms with E-state index >= 15 is 0 Å². The molecular weight excluding hydrogens is 248 g/mol. The first-order valence-corrected chi connectivity index (χ1v) is 8.59. The highest BCUT2D eigenvalue weighted by atomic mass is 16.5. The number of esters is 1. The van der Waals surface area contributed by atoms with Crippen LogP contribution in [0.3, 0.4) is 0 Å². The topological polar surface area (TPSA) is 26.3 Å². The van der Waals surface area contributed by atoms with Gasteiger partial charge in [0.1, 0.15) is 0 Å². The molecule has 0 saturated carbocycles. The van der Waals surface area contributed by atoms with Crippen LogP contribution in [0, 0.1) is 17.8 Å². The van der Waals surface area contributed by atoms with Gasteiger partial charge in [0, 0.05) is 0 Å². The minimum absolute atomic E-state index is 0.0567. The zero-order valence-corrected chi connectivity index (χ0v) is 14.4. The Morgan fingerprint density at radius 1 is 0.850 bits per heavy atom. The highest BCUT2D eigenvalue weighted by molar-refractivity contribution is 5.71. The van der Waals surface area contributed by atoms with Crippen LogP contribution < -0.4 is 0 Å². The summed E-state index contributed by atoms with van der Waals surface area (Å²) in [4.78, 5) is 11.3. The van der Waals surface area contributed by atoms with Gasteiger partial charge in [-0.2, -0.15) is 0 Å². The molecule has 3 unspecified atom stereocenters. The Labute approximate surface area is 126 Å². The summed E-state index contributed by atoms with van der Waals surface area (Å²) in [5.74, 6) is 1.67. The van der Waals surface area contributed by atoms with Gasteiger partial charge in [0.25, 0.3) is 0 Å². The lowest BCUT2D eigenvalue weighted by atomic mass is 9.92. The van der Waals surface area contributed by atoms with Crippen LogP contribution in [0.4, 0.5) is 0 Å². The molecule has 0 N–H and O–H groups in total. The van der Waals surface area contributed by atoms with Gasteiger partial charge in [-0.05, 0) is 18.3 Å². The quantitative estimate of drug-likeness (QED) is 0.436.